The molecule has 0 bridgehead atoms. The molecule has 136 valence electrons. The van der Waals surface area contributed by atoms with Crippen molar-refractivity contribution < 1.29 is 9.21 Å². The largest absolute Gasteiger partial charge is 0.468 e. The van der Waals surface area contributed by atoms with Gasteiger partial charge in [-0.3, -0.25) is 9.69 Å². The van der Waals surface area contributed by atoms with Crippen LogP contribution < -0.4 is 5.32 Å². The van der Waals surface area contributed by atoms with E-state index in [1.54, 1.807) is 10.8 Å². The number of aryl methyl sites for hydroxylation is 2. The lowest BCUT2D eigenvalue weighted by Gasteiger charge is -2.25. The first-order valence-electron chi connectivity index (χ1n) is 8.88. The molecule has 3 aromatic rings. The van der Waals surface area contributed by atoms with E-state index in [-0.39, 0.29) is 17.8 Å². The van der Waals surface area contributed by atoms with Crippen LogP contribution in [0.15, 0.2) is 28.9 Å². The molecule has 1 saturated heterocycles. The van der Waals surface area contributed by atoms with Gasteiger partial charge in [0, 0.05) is 17.9 Å². The number of hydrogen-bond donors (Lipinski definition) is 1. The molecule has 1 aliphatic rings. The van der Waals surface area contributed by atoms with Crippen LogP contribution in [0.25, 0.3) is 5.78 Å². The van der Waals surface area contributed by atoms with Crippen molar-refractivity contribution in [3.8, 4) is 0 Å². The molecule has 1 fully saturated rings. The molecular formula is C18H22N6O2. The van der Waals surface area contributed by atoms with Gasteiger partial charge < -0.3 is 9.73 Å². The summed E-state index contributed by atoms with van der Waals surface area (Å²) in [5, 5.41) is 7.24. The number of amides is 1. The molecule has 1 N–H and O–H groups in total. The van der Waals surface area contributed by atoms with Crippen LogP contribution in [0.4, 0.5) is 0 Å². The summed E-state index contributed by atoms with van der Waals surface area (Å²) in [5.41, 5.74) is 1.74. The Kier molecular flexibility index (Phi) is 4.42. The second-order valence-electron chi connectivity index (χ2n) is 6.67. The minimum absolute atomic E-state index is 0.0237. The second kappa shape index (κ2) is 6.87. The first kappa shape index (κ1) is 16.7. The standard InChI is InChI=1S/C18H22N6O2/c1-12-10-13(2)24-18(20-12)21-16(22-24)17(25)19-11-14(15-6-5-9-26-15)23-7-3-4-8-23/h5-6,9-10,14H,3-4,7-8,11H2,1-2H3,(H,19,25)/t14-/m1/s1. The number of nitrogens with zero attached hydrogens (tertiary/aromatic N) is 5. The molecule has 0 radical (unpaired) electrons. The Balaban J connectivity index is 1.51. The third-order valence-electron chi connectivity index (χ3n) is 4.73. The van der Waals surface area contributed by atoms with Gasteiger partial charge in [0.1, 0.15) is 5.76 Å². The molecule has 0 spiro atoms. The summed E-state index contributed by atoms with van der Waals surface area (Å²) in [6.07, 6.45) is 4.01. The Labute approximate surface area is 151 Å². The predicted octanol–water partition coefficient (Wildman–Crippen LogP) is 1.90. The lowest BCUT2D eigenvalue weighted by molar-refractivity contribution is 0.0923. The highest BCUT2D eigenvalue weighted by atomic mass is 16.3. The van der Waals surface area contributed by atoms with Gasteiger partial charge in [0.15, 0.2) is 0 Å². The van der Waals surface area contributed by atoms with E-state index in [0.717, 1.165) is 30.2 Å². The van der Waals surface area contributed by atoms with Crippen LogP contribution in [-0.4, -0.2) is 50.0 Å². The molecule has 1 aliphatic heterocycles. The lowest BCUT2D eigenvalue weighted by Crippen LogP contribution is -2.37. The maximum Gasteiger partial charge on any atom is 0.291 e. The number of carbonyl (C=O) groups is 1. The van der Waals surface area contributed by atoms with Gasteiger partial charge >= 0.3 is 0 Å². The first-order valence-corrected chi connectivity index (χ1v) is 8.88. The number of hydrogen-bond acceptors (Lipinski definition) is 6. The number of nitrogens with one attached hydrogen (secondary N) is 1. The van der Waals surface area contributed by atoms with Gasteiger partial charge in [-0.15, -0.1) is 5.10 Å². The highest BCUT2D eigenvalue weighted by molar-refractivity contribution is 5.90. The average molecular weight is 354 g/mol. The average Bonchev–Trinajstić information content (AvgIpc) is 3.36. The topological polar surface area (TPSA) is 88.6 Å². The molecular weight excluding hydrogens is 332 g/mol. The van der Waals surface area contributed by atoms with Crippen molar-refractivity contribution in [2.75, 3.05) is 19.6 Å². The summed E-state index contributed by atoms with van der Waals surface area (Å²) in [4.78, 5) is 23.5. The molecule has 3 aromatic heterocycles. The van der Waals surface area contributed by atoms with Gasteiger partial charge in [-0.2, -0.15) is 4.98 Å². The zero-order valence-electron chi connectivity index (χ0n) is 15.0. The number of rotatable bonds is 5. The van der Waals surface area contributed by atoms with Crippen molar-refractivity contribution in [1.82, 2.24) is 29.8 Å². The molecule has 8 heteroatoms. The first-order chi connectivity index (χ1) is 12.6. The van der Waals surface area contributed by atoms with Crippen molar-refractivity contribution in [3.05, 3.63) is 47.4 Å². The van der Waals surface area contributed by atoms with E-state index in [1.807, 2.05) is 32.0 Å². The van der Waals surface area contributed by atoms with Gasteiger partial charge in [0.2, 0.25) is 5.82 Å². The summed E-state index contributed by atoms with van der Waals surface area (Å²) < 4.78 is 7.17. The van der Waals surface area contributed by atoms with Gasteiger partial charge in [0.05, 0.1) is 12.3 Å². The highest BCUT2D eigenvalue weighted by Gasteiger charge is 2.26. The summed E-state index contributed by atoms with van der Waals surface area (Å²) in [7, 11) is 0. The van der Waals surface area contributed by atoms with Gasteiger partial charge in [-0.1, -0.05) is 0 Å². The number of furan rings is 1. The SMILES string of the molecule is Cc1cc(C)n2nc(C(=O)NC[C@H](c3ccco3)N3CCCC3)nc2n1. The quantitative estimate of drug-likeness (QED) is 0.753. The van der Waals surface area contributed by atoms with Crippen LogP contribution in [0, 0.1) is 13.8 Å². The number of aromatic nitrogens is 4. The van der Waals surface area contributed by atoms with E-state index in [2.05, 4.69) is 25.3 Å². The van der Waals surface area contributed by atoms with E-state index in [1.165, 1.54) is 12.8 Å². The molecule has 4 heterocycles. The zero-order valence-corrected chi connectivity index (χ0v) is 15.0. The van der Waals surface area contributed by atoms with Crippen molar-refractivity contribution in [3.63, 3.8) is 0 Å². The molecule has 0 aliphatic carbocycles. The van der Waals surface area contributed by atoms with E-state index in [0.29, 0.717) is 12.3 Å². The van der Waals surface area contributed by atoms with E-state index in [9.17, 15) is 4.79 Å². The smallest absolute Gasteiger partial charge is 0.291 e. The lowest BCUT2D eigenvalue weighted by atomic mass is 10.2. The van der Waals surface area contributed by atoms with Gasteiger partial charge in [-0.25, -0.2) is 9.50 Å². The van der Waals surface area contributed by atoms with Crippen LogP contribution in [0.5, 0.6) is 0 Å². The molecule has 4 rings (SSSR count). The molecule has 8 nitrogen and oxygen atoms in total. The Bertz CT molecular complexity index is 911. The Hall–Kier alpha value is -2.74. The third kappa shape index (κ3) is 3.20. The minimum atomic E-state index is -0.302. The summed E-state index contributed by atoms with van der Waals surface area (Å²) >= 11 is 0. The molecule has 0 unspecified atom stereocenters. The Morgan fingerprint density at radius 1 is 1.31 bits per heavy atom. The number of fused-ring (bicyclic) bond motifs is 1. The molecule has 0 saturated carbocycles. The maximum absolute atomic E-state index is 12.6. The second-order valence-corrected chi connectivity index (χ2v) is 6.67. The third-order valence-corrected chi connectivity index (χ3v) is 4.73. The van der Waals surface area contributed by atoms with E-state index < -0.39 is 0 Å². The van der Waals surface area contributed by atoms with Gasteiger partial charge in [0.25, 0.3) is 11.7 Å². The van der Waals surface area contributed by atoms with Crippen molar-refractivity contribution in [1.29, 1.82) is 0 Å². The molecule has 1 amide bonds. The van der Waals surface area contributed by atoms with Gasteiger partial charge in [-0.05, 0) is 58.0 Å². The van der Waals surface area contributed by atoms with Crippen LogP contribution in [0.3, 0.4) is 0 Å². The minimum Gasteiger partial charge on any atom is -0.468 e. The monoisotopic (exact) mass is 354 g/mol. The number of carbonyl (C=O) groups excluding carboxylic acids is 1. The van der Waals surface area contributed by atoms with E-state index in [4.69, 9.17) is 4.42 Å². The van der Waals surface area contributed by atoms with Crippen LogP contribution in [0.2, 0.25) is 0 Å². The zero-order chi connectivity index (χ0) is 18.1. The van der Waals surface area contributed by atoms with Crippen molar-refractivity contribution in [2.45, 2.75) is 32.7 Å². The fourth-order valence-electron chi connectivity index (χ4n) is 3.47. The Morgan fingerprint density at radius 2 is 2.12 bits per heavy atom. The Morgan fingerprint density at radius 3 is 2.85 bits per heavy atom. The summed E-state index contributed by atoms with van der Waals surface area (Å²) in [5.74, 6) is 1.13. The summed E-state index contributed by atoms with van der Waals surface area (Å²) in [6, 6.07) is 5.76. The van der Waals surface area contributed by atoms with Crippen LogP contribution >= 0.6 is 0 Å². The fourth-order valence-corrected chi connectivity index (χ4v) is 3.47. The summed E-state index contributed by atoms with van der Waals surface area (Å²) in [6.45, 7) is 6.28. The molecule has 26 heavy (non-hydrogen) atoms. The molecule has 0 aromatic carbocycles. The fraction of sp³-hybridized carbons (Fsp3) is 0.444. The van der Waals surface area contributed by atoms with E-state index >= 15 is 0 Å². The molecule has 1 atom stereocenters. The van der Waals surface area contributed by atoms with Crippen molar-refractivity contribution >= 4 is 11.7 Å². The maximum atomic E-state index is 12.6. The predicted molar refractivity (Wildman–Crippen MR) is 94.8 cm³/mol. The van der Waals surface area contributed by atoms with Crippen LogP contribution in [-0.2, 0) is 0 Å². The number of likely N-dealkylation sites (tertiary alicyclic amines) is 1. The highest BCUT2D eigenvalue weighted by Crippen LogP contribution is 2.24. The van der Waals surface area contributed by atoms with Crippen molar-refractivity contribution in [2.24, 2.45) is 0 Å². The normalized spacial score (nSPS) is 16.2. The van der Waals surface area contributed by atoms with Crippen LogP contribution in [0.1, 0.15) is 46.7 Å².